The van der Waals surface area contributed by atoms with Gasteiger partial charge in [-0.15, -0.1) is 0 Å². The molecule has 1 aliphatic rings. The van der Waals surface area contributed by atoms with Crippen LogP contribution >= 0.6 is 11.6 Å². The van der Waals surface area contributed by atoms with E-state index >= 15 is 0 Å². The Morgan fingerprint density at radius 3 is 2.61 bits per heavy atom. The molecule has 28 heavy (non-hydrogen) atoms. The van der Waals surface area contributed by atoms with Gasteiger partial charge in [0.2, 0.25) is 5.91 Å². The van der Waals surface area contributed by atoms with E-state index in [-0.39, 0.29) is 31.0 Å². The maximum absolute atomic E-state index is 13.7. The van der Waals surface area contributed by atoms with Crippen molar-refractivity contribution in [2.75, 3.05) is 25.7 Å². The summed E-state index contributed by atoms with van der Waals surface area (Å²) in [6.45, 7) is -0.0676. The monoisotopic (exact) mass is 407 g/mol. The van der Waals surface area contributed by atoms with E-state index in [1.165, 1.54) is 25.2 Å². The second-order valence-corrected chi connectivity index (χ2v) is 6.67. The maximum atomic E-state index is 13.7. The molecule has 1 heterocycles. The van der Waals surface area contributed by atoms with E-state index in [1.54, 1.807) is 30.3 Å². The van der Waals surface area contributed by atoms with Crippen LogP contribution in [0.5, 0.6) is 11.5 Å². The summed E-state index contributed by atoms with van der Waals surface area (Å²) < 4.78 is 29.3. The van der Waals surface area contributed by atoms with Gasteiger partial charge in [-0.2, -0.15) is 0 Å². The molecule has 1 amide bonds. The number of esters is 1. The number of nitrogens with zero attached hydrogens (tertiary/aromatic N) is 1. The largest absolute Gasteiger partial charge is 0.495 e. The summed E-state index contributed by atoms with van der Waals surface area (Å²) in [5, 5.41) is 0.316. The van der Waals surface area contributed by atoms with Gasteiger partial charge in [0, 0.05) is 24.6 Å². The van der Waals surface area contributed by atoms with Crippen molar-refractivity contribution in [3.05, 3.63) is 52.8 Å². The molecule has 6 nitrogen and oxygen atoms in total. The van der Waals surface area contributed by atoms with E-state index in [0.717, 1.165) is 0 Å². The van der Waals surface area contributed by atoms with Gasteiger partial charge in [0.1, 0.15) is 23.9 Å². The molecule has 0 aromatic heterocycles. The van der Waals surface area contributed by atoms with Crippen LogP contribution < -0.4 is 14.4 Å². The van der Waals surface area contributed by atoms with Gasteiger partial charge in [0.05, 0.1) is 30.8 Å². The number of ether oxygens (including phenoxy) is 3. The minimum absolute atomic E-state index is 0.0110. The molecular formula is C20H19ClFNO5. The van der Waals surface area contributed by atoms with Crippen molar-refractivity contribution >= 4 is 29.2 Å². The predicted octanol–water partition coefficient (Wildman–Crippen LogP) is 3.59. The third-order valence-corrected chi connectivity index (χ3v) is 4.83. The summed E-state index contributed by atoms with van der Waals surface area (Å²) >= 11 is 6.17. The molecule has 148 valence electrons. The fourth-order valence-corrected chi connectivity index (χ4v) is 3.27. The molecule has 2 aromatic carbocycles. The molecule has 0 radical (unpaired) electrons. The van der Waals surface area contributed by atoms with E-state index in [9.17, 15) is 14.0 Å². The normalized spacial score (nSPS) is 16.2. The fraction of sp³-hybridized carbons (Fsp3) is 0.300. The first-order valence-electron chi connectivity index (χ1n) is 8.56. The molecule has 2 aromatic rings. The number of hydrogen-bond donors (Lipinski definition) is 0. The number of halogens is 2. The minimum Gasteiger partial charge on any atom is -0.495 e. The minimum atomic E-state index is -0.662. The lowest BCUT2D eigenvalue weighted by Crippen LogP contribution is -2.27. The van der Waals surface area contributed by atoms with Crippen LogP contribution in [0.1, 0.15) is 12.0 Å². The van der Waals surface area contributed by atoms with Crippen LogP contribution in [0.25, 0.3) is 0 Å². The lowest BCUT2D eigenvalue weighted by Gasteiger charge is -2.20. The zero-order valence-electron chi connectivity index (χ0n) is 15.4. The quantitative estimate of drug-likeness (QED) is 0.685. The average Bonchev–Trinajstić information content (AvgIpc) is 3.08. The number of anilines is 1. The van der Waals surface area contributed by atoms with E-state index < -0.39 is 17.7 Å². The second kappa shape index (κ2) is 8.48. The van der Waals surface area contributed by atoms with Crippen LogP contribution in [-0.4, -0.2) is 32.6 Å². The molecule has 1 saturated heterocycles. The number of methoxy groups -OCH3 is 2. The van der Waals surface area contributed by atoms with E-state index in [0.29, 0.717) is 22.2 Å². The summed E-state index contributed by atoms with van der Waals surface area (Å²) in [6.07, 6.45) is -0.0110. The van der Waals surface area contributed by atoms with Crippen molar-refractivity contribution in [1.82, 2.24) is 0 Å². The first-order valence-corrected chi connectivity index (χ1v) is 8.94. The van der Waals surface area contributed by atoms with Crippen molar-refractivity contribution in [3.8, 4) is 11.5 Å². The molecule has 0 bridgehead atoms. The molecule has 1 atom stereocenters. The van der Waals surface area contributed by atoms with Gasteiger partial charge in [0.25, 0.3) is 0 Å². The number of hydrogen-bond acceptors (Lipinski definition) is 5. The van der Waals surface area contributed by atoms with Gasteiger partial charge in [-0.25, -0.2) is 4.39 Å². The molecule has 0 spiro atoms. The maximum Gasteiger partial charge on any atom is 0.311 e. The smallest absolute Gasteiger partial charge is 0.311 e. The first-order chi connectivity index (χ1) is 13.4. The van der Waals surface area contributed by atoms with Crippen molar-refractivity contribution < 1.29 is 28.2 Å². The van der Waals surface area contributed by atoms with Gasteiger partial charge in [0.15, 0.2) is 0 Å². The number of benzene rings is 2. The first kappa shape index (κ1) is 19.9. The van der Waals surface area contributed by atoms with Crippen molar-refractivity contribution in [2.45, 2.75) is 13.0 Å². The summed E-state index contributed by atoms with van der Waals surface area (Å²) in [4.78, 5) is 26.3. The number of carbonyl (C=O) groups excluding carboxylic acids is 2. The molecule has 3 rings (SSSR count). The Morgan fingerprint density at radius 2 is 1.93 bits per heavy atom. The Kier molecular flexibility index (Phi) is 6.04. The number of carbonyl (C=O) groups is 2. The summed E-state index contributed by atoms with van der Waals surface area (Å²) in [5.41, 5.74) is 0.725. The van der Waals surface area contributed by atoms with Gasteiger partial charge in [-0.3, -0.25) is 9.59 Å². The molecule has 1 aliphatic heterocycles. The summed E-state index contributed by atoms with van der Waals surface area (Å²) in [6, 6.07) is 9.19. The zero-order valence-corrected chi connectivity index (χ0v) is 16.2. The predicted molar refractivity (Wildman–Crippen MR) is 101 cm³/mol. The van der Waals surface area contributed by atoms with Crippen molar-refractivity contribution in [3.63, 3.8) is 0 Å². The van der Waals surface area contributed by atoms with Crippen molar-refractivity contribution in [2.24, 2.45) is 5.92 Å². The molecular weight excluding hydrogens is 389 g/mol. The lowest BCUT2D eigenvalue weighted by atomic mass is 10.1. The van der Waals surface area contributed by atoms with E-state index in [2.05, 4.69) is 0 Å². The Hall–Kier alpha value is -2.80. The van der Waals surface area contributed by atoms with Crippen LogP contribution in [0.15, 0.2) is 36.4 Å². The molecule has 0 saturated carbocycles. The highest BCUT2D eigenvalue weighted by atomic mass is 35.5. The van der Waals surface area contributed by atoms with Crippen LogP contribution in [0, 0.1) is 11.7 Å². The number of amides is 1. The third kappa shape index (κ3) is 4.04. The molecule has 0 aliphatic carbocycles. The topological polar surface area (TPSA) is 65.1 Å². The van der Waals surface area contributed by atoms with Gasteiger partial charge >= 0.3 is 5.97 Å². The van der Waals surface area contributed by atoms with Gasteiger partial charge in [-0.05, 0) is 12.1 Å². The summed E-state index contributed by atoms with van der Waals surface area (Å²) in [7, 11) is 2.94. The van der Waals surface area contributed by atoms with Crippen LogP contribution in [0.4, 0.5) is 10.1 Å². The molecule has 1 fully saturated rings. The number of rotatable bonds is 6. The van der Waals surface area contributed by atoms with Crippen LogP contribution in [0.2, 0.25) is 5.02 Å². The highest BCUT2D eigenvalue weighted by Gasteiger charge is 2.37. The molecule has 0 N–H and O–H groups in total. The Morgan fingerprint density at radius 1 is 1.21 bits per heavy atom. The average molecular weight is 408 g/mol. The Bertz CT molecular complexity index is 904. The van der Waals surface area contributed by atoms with Gasteiger partial charge < -0.3 is 19.1 Å². The molecule has 8 heteroatoms. The highest BCUT2D eigenvalue weighted by Crippen LogP contribution is 2.40. The summed E-state index contributed by atoms with van der Waals surface area (Å²) in [5.74, 6) is -1.11. The highest BCUT2D eigenvalue weighted by molar-refractivity contribution is 6.32. The standard InChI is InChI=1S/C20H19ClFNO5/c1-26-17-9-18(27-2)16(8-14(17)21)23-10-13(7-19(23)24)20(25)28-11-12-5-3-4-6-15(12)22/h3-6,8-9,13H,7,10-11H2,1-2H3/t13-/m1/s1. The van der Waals surface area contributed by atoms with Crippen LogP contribution in [0.3, 0.4) is 0 Å². The van der Waals surface area contributed by atoms with Crippen LogP contribution in [-0.2, 0) is 20.9 Å². The second-order valence-electron chi connectivity index (χ2n) is 6.26. The third-order valence-electron chi connectivity index (χ3n) is 4.53. The van der Waals surface area contributed by atoms with Gasteiger partial charge in [-0.1, -0.05) is 29.8 Å². The zero-order chi connectivity index (χ0) is 20.3. The van der Waals surface area contributed by atoms with E-state index in [1.807, 2.05) is 0 Å². The fourth-order valence-electron chi connectivity index (χ4n) is 3.04. The Labute approximate surface area is 166 Å². The lowest BCUT2D eigenvalue weighted by molar-refractivity contribution is -0.149. The SMILES string of the molecule is COc1cc(OC)c(N2C[C@H](C(=O)OCc3ccccc3F)CC2=O)cc1Cl. The van der Waals surface area contributed by atoms with Crippen molar-refractivity contribution in [1.29, 1.82) is 0 Å². The van der Waals surface area contributed by atoms with E-state index in [4.69, 9.17) is 25.8 Å². The molecule has 0 unspecified atom stereocenters. The Balaban J connectivity index is 1.72.